The predicted molar refractivity (Wildman–Crippen MR) is 77.2 cm³/mol. The molecule has 1 atom stereocenters. The van der Waals surface area contributed by atoms with Crippen molar-refractivity contribution in [2.45, 2.75) is 24.8 Å². The van der Waals surface area contributed by atoms with Crippen LogP contribution in [0.5, 0.6) is 5.88 Å². The van der Waals surface area contributed by atoms with Crippen molar-refractivity contribution in [3.8, 4) is 5.88 Å². The first kappa shape index (κ1) is 15.9. The van der Waals surface area contributed by atoms with Crippen molar-refractivity contribution in [2.75, 3.05) is 13.2 Å². The predicted octanol–water partition coefficient (Wildman–Crippen LogP) is 0.829. The van der Waals surface area contributed by atoms with Crippen LogP contribution in [0.15, 0.2) is 27.7 Å². The molecule has 0 amide bonds. The molecule has 1 aliphatic rings. The number of carboxylic acids is 1. The molecular weight excluding hydrogens is 290 g/mol. The molecule has 2 rings (SSSR count). The number of nitrogens with two attached hydrogens (primary N) is 1. The summed E-state index contributed by atoms with van der Waals surface area (Å²) in [4.78, 5) is 27.4. The average Bonchev–Trinajstić information content (AvgIpc) is 3.15. The van der Waals surface area contributed by atoms with Gasteiger partial charge in [-0.15, -0.1) is 0 Å². The van der Waals surface area contributed by atoms with Gasteiger partial charge < -0.3 is 20.1 Å². The molecule has 0 spiro atoms. The molecule has 8 heteroatoms. The number of ether oxygens (including phenoxy) is 1. The Morgan fingerprint density at radius 1 is 1.45 bits per heavy atom. The van der Waals surface area contributed by atoms with Crippen LogP contribution in [0, 0.1) is 0 Å². The van der Waals surface area contributed by atoms with Gasteiger partial charge in [-0.2, -0.15) is 0 Å². The van der Waals surface area contributed by atoms with E-state index >= 15 is 0 Å². The van der Waals surface area contributed by atoms with E-state index in [1.54, 1.807) is 12.2 Å². The summed E-state index contributed by atoms with van der Waals surface area (Å²) in [6, 6.07) is 1.38. The summed E-state index contributed by atoms with van der Waals surface area (Å²) in [6.45, 7) is 0.861. The minimum absolute atomic E-state index is 0.0168. The molecular formula is C14H17N3O5. The highest BCUT2D eigenvalue weighted by atomic mass is 16.5. The highest BCUT2D eigenvalue weighted by Crippen LogP contribution is 2.29. The first-order chi connectivity index (χ1) is 10.6. The van der Waals surface area contributed by atoms with Crippen molar-refractivity contribution in [2.24, 2.45) is 10.7 Å². The summed E-state index contributed by atoms with van der Waals surface area (Å²) in [5, 5.41) is 12.5. The number of Topliss-reactive ketones (excluding diaryl/α,β-unsaturated/α-hetero) is 1. The van der Waals surface area contributed by atoms with Crippen molar-refractivity contribution in [1.82, 2.24) is 5.16 Å². The topological polar surface area (TPSA) is 128 Å². The van der Waals surface area contributed by atoms with E-state index in [0.717, 1.165) is 0 Å². The van der Waals surface area contributed by atoms with Gasteiger partial charge in [0.1, 0.15) is 5.54 Å². The number of aliphatic imine (C=N–C) groups is 1. The smallest absolute Gasteiger partial charge is 0.303 e. The van der Waals surface area contributed by atoms with Crippen molar-refractivity contribution in [3.63, 3.8) is 0 Å². The third kappa shape index (κ3) is 3.59. The SMILES string of the molecule is NCCCOc1cc(C(=O)C2(CCC(=O)O)C=CC=N2)on1. The lowest BCUT2D eigenvalue weighted by Gasteiger charge is -2.19. The van der Waals surface area contributed by atoms with Crippen LogP contribution in [-0.2, 0) is 4.79 Å². The molecule has 2 heterocycles. The highest BCUT2D eigenvalue weighted by molar-refractivity contribution is 6.05. The Hall–Kier alpha value is -2.48. The zero-order valence-corrected chi connectivity index (χ0v) is 11.9. The molecule has 8 nitrogen and oxygen atoms in total. The van der Waals surface area contributed by atoms with Gasteiger partial charge in [-0.3, -0.25) is 14.6 Å². The number of hydrogen-bond acceptors (Lipinski definition) is 7. The van der Waals surface area contributed by atoms with Crippen LogP contribution in [0.25, 0.3) is 0 Å². The molecule has 3 N–H and O–H groups in total. The van der Waals surface area contributed by atoms with Crippen LogP contribution in [0.1, 0.15) is 29.8 Å². The van der Waals surface area contributed by atoms with E-state index in [0.29, 0.717) is 19.6 Å². The molecule has 0 aromatic carbocycles. The number of carboxylic acid groups (broad SMARTS) is 1. The fourth-order valence-electron chi connectivity index (χ4n) is 2.02. The number of aliphatic carboxylic acids is 1. The molecule has 118 valence electrons. The van der Waals surface area contributed by atoms with E-state index in [-0.39, 0.29) is 24.5 Å². The number of ketones is 1. The Bertz CT molecular complexity index is 593. The number of nitrogens with zero attached hydrogens (tertiary/aromatic N) is 2. The van der Waals surface area contributed by atoms with E-state index in [4.69, 9.17) is 20.1 Å². The lowest BCUT2D eigenvalue weighted by Crippen LogP contribution is -2.34. The van der Waals surface area contributed by atoms with Crippen LogP contribution in [0.2, 0.25) is 0 Å². The van der Waals surface area contributed by atoms with Crippen LogP contribution >= 0.6 is 0 Å². The maximum absolute atomic E-state index is 12.6. The molecule has 1 aromatic rings. The molecule has 1 unspecified atom stereocenters. The molecule has 0 saturated carbocycles. The largest absolute Gasteiger partial charge is 0.481 e. The van der Waals surface area contributed by atoms with Crippen LogP contribution < -0.4 is 10.5 Å². The molecule has 0 bridgehead atoms. The van der Waals surface area contributed by atoms with Gasteiger partial charge in [0.05, 0.1) is 12.7 Å². The summed E-state index contributed by atoms with van der Waals surface area (Å²) >= 11 is 0. The second kappa shape index (κ2) is 6.99. The molecule has 1 aromatic heterocycles. The number of allylic oxidation sites excluding steroid dienone is 1. The normalized spacial score (nSPS) is 19.5. The number of carbonyl (C=O) groups excluding carboxylic acids is 1. The fraction of sp³-hybridized carbons (Fsp3) is 0.429. The van der Waals surface area contributed by atoms with Gasteiger partial charge in [-0.1, -0.05) is 0 Å². The van der Waals surface area contributed by atoms with Crippen LogP contribution in [0.3, 0.4) is 0 Å². The Balaban J connectivity index is 2.09. The Labute approximate surface area is 126 Å². The van der Waals surface area contributed by atoms with Crippen LogP contribution in [0.4, 0.5) is 0 Å². The van der Waals surface area contributed by atoms with Gasteiger partial charge in [0.25, 0.3) is 5.88 Å². The molecule has 0 radical (unpaired) electrons. The van der Waals surface area contributed by atoms with Crippen LogP contribution in [-0.4, -0.2) is 46.9 Å². The zero-order chi connectivity index (χ0) is 16.0. The number of rotatable bonds is 9. The first-order valence-electron chi connectivity index (χ1n) is 6.86. The first-order valence-corrected chi connectivity index (χ1v) is 6.86. The lowest BCUT2D eigenvalue weighted by molar-refractivity contribution is -0.137. The summed E-state index contributed by atoms with van der Waals surface area (Å²) in [7, 11) is 0. The number of carbonyl (C=O) groups is 2. The van der Waals surface area contributed by atoms with E-state index in [2.05, 4.69) is 10.1 Å². The third-order valence-corrected chi connectivity index (χ3v) is 3.19. The van der Waals surface area contributed by atoms with Gasteiger partial charge in [0.2, 0.25) is 11.5 Å². The lowest BCUT2D eigenvalue weighted by atomic mass is 9.88. The minimum Gasteiger partial charge on any atom is -0.481 e. The van der Waals surface area contributed by atoms with E-state index in [1.165, 1.54) is 12.3 Å². The third-order valence-electron chi connectivity index (χ3n) is 3.19. The van der Waals surface area contributed by atoms with E-state index < -0.39 is 17.3 Å². The van der Waals surface area contributed by atoms with E-state index in [9.17, 15) is 9.59 Å². The summed E-state index contributed by atoms with van der Waals surface area (Å²) in [6.07, 6.45) is 5.17. The van der Waals surface area contributed by atoms with Gasteiger partial charge in [-0.05, 0) is 36.7 Å². The number of hydrogen-bond donors (Lipinski definition) is 2. The standard InChI is InChI=1S/C14H17N3O5/c15-6-2-8-21-11-9-10(22-17-11)13(20)14(4-1-7-16-14)5-3-12(18)19/h1,4,7,9H,2-3,5-6,8,15H2,(H,18,19). The Kier molecular flexibility index (Phi) is 5.05. The molecule has 0 aliphatic carbocycles. The maximum Gasteiger partial charge on any atom is 0.303 e. The van der Waals surface area contributed by atoms with Gasteiger partial charge in [0, 0.05) is 12.6 Å². The minimum atomic E-state index is -1.24. The highest BCUT2D eigenvalue weighted by Gasteiger charge is 2.40. The molecule has 0 fully saturated rings. The van der Waals surface area contributed by atoms with Crippen molar-refractivity contribution >= 4 is 18.0 Å². The maximum atomic E-state index is 12.6. The second-order valence-electron chi connectivity index (χ2n) is 4.80. The number of aromatic nitrogens is 1. The van der Waals surface area contributed by atoms with Gasteiger partial charge >= 0.3 is 5.97 Å². The van der Waals surface area contributed by atoms with Crippen molar-refractivity contribution in [3.05, 3.63) is 24.0 Å². The van der Waals surface area contributed by atoms with Gasteiger partial charge in [0.15, 0.2) is 0 Å². The van der Waals surface area contributed by atoms with E-state index in [1.807, 2.05) is 0 Å². The average molecular weight is 307 g/mol. The second-order valence-corrected chi connectivity index (χ2v) is 4.80. The monoisotopic (exact) mass is 307 g/mol. The Morgan fingerprint density at radius 3 is 2.91 bits per heavy atom. The molecule has 1 aliphatic heterocycles. The molecule has 22 heavy (non-hydrogen) atoms. The Morgan fingerprint density at radius 2 is 2.27 bits per heavy atom. The van der Waals surface area contributed by atoms with Crippen molar-refractivity contribution < 1.29 is 24.0 Å². The fourth-order valence-corrected chi connectivity index (χ4v) is 2.02. The summed E-state index contributed by atoms with van der Waals surface area (Å²) in [5.41, 5.74) is 4.11. The quantitative estimate of drug-likeness (QED) is 0.510. The van der Waals surface area contributed by atoms with Crippen molar-refractivity contribution in [1.29, 1.82) is 0 Å². The summed E-state index contributed by atoms with van der Waals surface area (Å²) < 4.78 is 10.3. The van der Waals surface area contributed by atoms with Gasteiger partial charge in [-0.25, -0.2) is 0 Å². The molecule has 0 saturated heterocycles. The summed E-state index contributed by atoms with van der Waals surface area (Å²) in [5.74, 6) is -1.26. The zero-order valence-electron chi connectivity index (χ0n) is 11.9.